The Morgan fingerprint density at radius 3 is 2.50 bits per heavy atom. The SMILES string of the molecule is OC(C#CC1CC1)(c1cc(Cl)ccc1NP)C(F)(F)F. The van der Waals surface area contributed by atoms with E-state index >= 15 is 0 Å². The van der Waals surface area contributed by atoms with Gasteiger partial charge in [-0.3, -0.25) is 0 Å². The molecular formula is C13H12ClF3NOP. The Morgan fingerprint density at radius 2 is 2.00 bits per heavy atom. The smallest absolute Gasteiger partial charge is 0.369 e. The average molecular weight is 322 g/mol. The molecule has 2 atom stereocenters. The van der Waals surface area contributed by atoms with Crippen molar-refractivity contribution in [2.75, 3.05) is 5.09 Å². The van der Waals surface area contributed by atoms with Crippen LogP contribution in [0.1, 0.15) is 18.4 Å². The fourth-order valence-electron chi connectivity index (χ4n) is 1.67. The first-order chi connectivity index (χ1) is 9.28. The lowest BCUT2D eigenvalue weighted by molar-refractivity contribution is -0.240. The highest BCUT2D eigenvalue weighted by atomic mass is 35.5. The van der Waals surface area contributed by atoms with E-state index in [1.54, 1.807) is 0 Å². The van der Waals surface area contributed by atoms with E-state index in [0.717, 1.165) is 18.9 Å². The van der Waals surface area contributed by atoms with Gasteiger partial charge in [-0.15, -0.1) is 0 Å². The lowest BCUT2D eigenvalue weighted by atomic mass is 9.92. The second-order valence-electron chi connectivity index (χ2n) is 4.59. The van der Waals surface area contributed by atoms with E-state index in [2.05, 4.69) is 20.4 Å². The monoisotopic (exact) mass is 321 g/mol. The Balaban J connectivity index is 2.57. The van der Waals surface area contributed by atoms with Crippen LogP contribution in [0.15, 0.2) is 18.2 Å². The molecule has 0 amide bonds. The third-order valence-electron chi connectivity index (χ3n) is 2.97. The van der Waals surface area contributed by atoms with Crippen LogP contribution in [0.5, 0.6) is 0 Å². The summed E-state index contributed by atoms with van der Waals surface area (Å²) in [7, 11) is 2.09. The van der Waals surface area contributed by atoms with Crippen LogP contribution < -0.4 is 5.09 Å². The van der Waals surface area contributed by atoms with Crippen LogP contribution in [0, 0.1) is 17.8 Å². The second-order valence-corrected chi connectivity index (χ2v) is 5.31. The van der Waals surface area contributed by atoms with E-state index in [4.69, 9.17) is 11.6 Å². The number of hydrogen-bond donors (Lipinski definition) is 2. The zero-order chi connectivity index (χ0) is 15.0. The number of alkyl halides is 3. The average Bonchev–Trinajstić information content (AvgIpc) is 3.18. The molecule has 20 heavy (non-hydrogen) atoms. The number of aliphatic hydroxyl groups is 1. The molecule has 1 aliphatic rings. The number of anilines is 1. The van der Waals surface area contributed by atoms with Gasteiger partial charge in [-0.2, -0.15) is 13.2 Å². The van der Waals surface area contributed by atoms with Crippen molar-refractivity contribution in [3.8, 4) is 11.8 Å². The predicted molar refractivity (Wildman–Crippen MR) is 75.2 cm³/mol. The van der Waals surface area contributed by atoms with Gasteiger partial charge < -0.3 is 10.2 Å². The van der Waals surface area contributed by atoms with Crippen molar-refractivity contribution in [1.29, 1.82) is 0 Å². The summed E-state index contributed by atoms with van der Waals surface area (Å²) < 4.78 is 39.8. The predicted octanol–water partition coefficient (Wildman–Crippen LogP) is 3.71. The Bertz CT molecular complexity index is 577. The summed E-state index contributed by atoms with van der Waals surface area (Å²) in [6, 6.07) is 3.87. The molecule has 108 valence electrons. The van der Waals surface area contributed by atoms with Gasteiger partial charge in [0.15, 0.2) is 0 Å². The number of benzene rings is 1. The standard InChI is InChI=1S/C13H12ClF3NOP/c14-9-3-4-11(18-20)10(7-9)12(19,13(15,16)17)6-5-8-1-2-8/h3-4,7-8,18-19H,1-2,20H2. The first kappa shape index (κ1) is 15.4. The van der Waals surface area contributed by atoms with Gasteiger partial charge in [-0.25, -0.2) is 0 Å². The first-order valence-corrected chi connectivity index (χ1v) is 6.82. The third-order valence-corrected chi connectivity index (χ3v) is 3.52. The van der Waals surface area contributed by atoms with Crippen LogP contribution in [0.3, 0.4) is 0 Å². The third kappa shape index (κ3) is 3.03. The topological polar surface area (TPSA) is 32.3 Å². The van der Waals surface area contributed by atoms with Crippen molar-refractivity contribution < 1.29 is 18.3 Å². The summed E-state index contributed by atoms with van der Waals surface area (Å²) >= 11 is 5.74. The number of rotatable bonds is 2. The highest BCUT2D eigenvalue weighted by molar-refractivity contribution is 7.18. The lowest BCUT2D eigenvalue weighted by Crippen LogP contribution is -2.41. The summed E-state index contributed by atoms with van der Waals surface area (Å²) in [5.74, 6) is 4.40. The molecule has 1 saturated carbocycles. The molecule has 0 saturated heterocycles. The van der Waals surface area contributed by atoms with Gasteiger partial charge in [0.2, 0.25) is 5.60 Å². The van der Waals surface area contributed by atoms with E-state index in [1.807, 2.05) is 5.92 Å². The Hall–Kier alpha value is -0.950. The summed E-state index contributed by atoms with van der Waals surface area (Å²) in [5.41, 5.74) is -3.54. The first-order valence-electron chi connectivity index (χ1n) is 5.86. The van der Waals surface area contributed by atoms with E-state index < -0.39 is 17.3 Å². The van der Waals surface area contributed by atoms with Crippen LogP contribution in [0.2, 0.25) is 5.02 Å². The number of nitrogens with one attached hydrogen (secondary N) is 1. The Morgan fingerprint density at radius 1 is 1.35 bits per heavy atom. The van der Waals surface area contributed by atoms with Crippen LogP contribution in [-0.2, 0) is 5.60 Å². The van der Waals surface area contributed by atoms with E-state index in [9.17, 15) is 18.3 Å². The fraction of sp³-hybridized carbons (Fsp3) is 0.385. The van der Waals surface area contributed by atoms with Crippen molar-refractivity contribution in [2.24, 2.45) is 5.92 Å². The molecule has 0 aromatic heterocycles. The second kappa shape index (κ2) is 5.44. The van der Waals surface area contributed by atoms with Crippen molar-refractivity contribution >= 4 is 26.7 Å². The molecule has 0 spiro atoms. The van der Waals surface area contributed by atoms with E-state index in [1.165, 1.54) is 12.1 Å². The zero-order valence-electron chi connectivity index (χ0n) is 10.3. The summed E-state index contributed by atoms with van der Waals surface area (Å²) in [6.07, 6.45) is -3.38. The van der Waals surface area contributed by atoms with Crippen molar-refractivity contribution in [3.63, 3.8) is 0 Å². The number of halogens is 4. The fourth-order valence-corrected chi connectivity index (χ4v) is 2.09. The molecule has 2 N–H and O–H groups in total. The van der Waals surface area contributed by atoms with Gasteiger partial charge >= 0.3 is 6.18 Å². The zero-order valence-corrected chi connectivity index (χ0v) is 12.2. The molecule has 0 heterocycles. The molecule has 2 unspecified atom stereocenters. The molecule has 2 rings (SSSR count). The minimum Gasteiger partial charge on any atom is -0.369 e. The quantitative estimate of drug-likeness (QED) is 0.643. The van der Waals surface area contributed by atoms with Crippen LogP contribution >= 0.6 is 21.0 Å². The van der Waals surface area contributed by atoms with Gasteiger partial charge in [0.1, 0.15) is 0 Å². The van der Waals surface area contributed by atoms with Gasteiger partial charge in [-0.1, -0.05) is 23.4 Å². The normalized spacial score (nSPS) is 17.9. The van der Waals surface area contributed by atoms with Crippen LogP contribution in [0.25, 0.3) is 0 Å². The minimum absolute atomic E-state index is 0.0598. The highest BCUT2D eigenvalue weighted by Gasteiger charge is 2.55. The van der Waals surface area contributed by atoms with Crippen molar-refractivity contribution in [1.82, 2.24) is 0 Å². The van der Waals surface area contributed by atoms with Crippen LogP contribution in [-0.4, -0.2) is 11.3 Å². The van der Waals surface area contributed by atoms with Crippen molar-refractivity contribution in [3.05, 3.63) is 28.8 Å². The summed E-state index contributed by atoms with van der Waals surface area (Å²) in [6.45, 7) is 0. The molecule has 2 nitrogen and oxygen atoms in total. The molecule has 1 fully saturated rings. The van der Waals surface area contributed by atoms with Crippen LogP contribution in [0.4, 0.5) is 18.9 Å². The molecule has 1 aromatic rings. The molecule has 1 aromatic carbocycles. The summed E-state index contributed by atoms with van der Waals surface area (Å²) in [5, 5.41) is 12.8. The van der Waals surface area contributed by atoms with Gasteiger partial charge in [0, 0.05) is 22.2 Å². The Labute approximate surface area is 122 Å². The molecule has 7 heteroatoms. The summed E-state index contributed by atoms with van der Waals surface area (Å²) in [4.78, 5) is 0. The maximum atomic E-state index is 13.3. The highest BCUT2D eigenvalue weighted by Crippen LogP contribution is 2.43. The van der Waals surface area contributed by atoms with E-state index in [-0.39, 0.29) is 16.6 Å². The lowest BCUT2D eigenvalue weighted by Gasteiger charge is -2.27. The molecule has 0 aliphatic heterocycles. The van der Waals surface area contributed by atoms with Gasteiger partial charge in [0.05, 0.1) is 0 Å². The van der Waals surface area contributed by atoms with Gasteiger partial charge in [-0.05, 0) is 40.4 Å². The Kier molecular flexibility index (Phi) is 4.20. The maximum absolute atomic E-state index is 13.3. The molecule has 0 radical (unpaired) electrons. The molecule has 1 aliphatic carbocycles. The minimum atomic E-state index is -4.92. The molecular weight excluding hydrogens is 310 g/mol. The number of hydrogen-bond acceptors (Lipinski definition) is 2. The van der Waals surface area contributed by atoms with Gasteiger partial charge in [0.25, 0.3) is 0 Å². The largest absolute Gasteiger partial charge is 0.433 e. The molecule has 0 bridgehead atoms. The van der Waals surface area contributed by atoms with Crippen molar-refractivity contribution in [2.45, 2.75) is 24.6 Å². The van der Waals surface area contributed by atoms with E-state index in [0.29, 0.717) is 0 Å². The maximum Gasteiger partial charge on any atom is 0.433 e.